The first-order valence-corrected chi connectivity index (χ1v) is 9.61. The van der Waals surface area contributed by atoms with Gasteiger partial charge in [0.15, 0.2) is 0 Å². The highest BCUT2D eigenvalue weighted by molar-refractivity contribution is 7.62. The predicted octanol–water partition coefficient (Wildman–Crippen LogP) is 4.38. The lowest BCUT2D eigenvalue weighted by Gasteiger charge is -2.21. The van der Waals surface area contributed by atoms with Gasteiger partial charge in [-0.15, -0.1) is 0 Å². The van der Waals surface area contributed by atoms with E-state index < -0.39 is 15.6 Å². The summed E-state index contributed by atoms with van der Waals surface area (Å²) in [4.78, 5) is 9.76. The predicted molar refractivity (Wildman–Crippen MR) is 82.8 cm³/mol. The van der Waals surface area contributed by atoms with Gasteiger partial charge in [-0.05, 0) is 49.2 Å². The Bertz CT molecular complexity index is 811. The lowest BCUT2D eigenvalue weighted by Crippen LogP contribution is -2.06. The molecule has 2 aliphatic rings. The van der Waals surface area contributed by atoms with Crippen molar-refractivity contribution in [2.45, 2.75) is 13.8 Å². The van der Waals surface area contributed by atoms with E-state index in [0.717, 1.165) is 0 Å². The van der Waals surface area contributed by atoms with Gasteiger partial charge >= 0.3 is 15.6 Å². The highest BCUT2D eigenvalue weighted by Crippen LogP contribution is 2.63. The molecule has 0 saturated carbocycles. The van der Waals surface area contributed by atoms with Crippen LogP contribution in [0.2, 0.25) is 0 Å². The molecule has 4 rings (SSSR count). The van der Waals surface area contributed by atoms with E-state index in [4.69, 9.17) is 17.9 Å². The number of hydrogen-bond acceptors (Lipinski definition) is 6. The number of rotatable bonds is 2. The van der Waals surface area contributed by atoms with Crippen LogP contribution in [0.3, 0.4) is 0 Å². The fourth-order valence-electron chi connectivity index (χ4n) is 2.07. The lowest BCUT2D eigenvalue weighted by molar-refractivity contribution is 0.240. The van der Waals surface area contributed by atoms with Crippen LogP contribution in [0.25, 0.3) is 0 Å². The van der Waals surface area contributed by atoms with Gasteiger partial charge in [-0.1, -0.05) is 18.2 Å². The molecular formula is C14H14O7P2. The minimum Gasteiger partial charge on any atom is -0.404 e. The molecular weight excluding hydrogens is 342 g/mol. The molecule has 7 nitrogen and oxygen atoms in total. The number of phosphoric acid groups is 2. The second-order valence-electron chi connectivity index (χ2n) is 4.96. The van der Waals surface area contributed by atoms with Gasteiger partial charge in [0, 0.05) is 0 Å². The van der Waals surface area contributed by atoms with E-state index in [0.29, 0.717) is 11.1 Å². The molecule has 2 unspecified atom stereocenters. The molecule has 2 aromatic carbocycles. The summed E-state index contributed by atoms with van der Waals surface area (Å²) >= 11 is 0. The van der Waals surface area contributed by atoms with Crippen LogP contribution < -0.4 is 13.6 Å². The fourth-order valence-corrected chi connectivity index (χ4v) is 4.80. The zero-order valence-electron chi connectivity index (χ0n) is 12.3. The lowest BCUT2D eigenvalue weighted by atomic mass is 10.1. The number of para-hydroxylation sites is 1. The molecule has 0 spiro atoms. The number of benzene rings is 2. The summed E-state index contributed by atoms with van der Waals surface area (Å²) in [5.41, 5.74) is 1.35. The summed E-state index contributed by atoms with van der Waals surface area (Å²) in [7, 11) is -9.13. The number of aryl methyl sites for hydroxylation is 2. The van der Waals surface area contributed by atoms with Crippen LogP contribution in [0, 0.1) is 13.8 Å². The zero-order chi connectivity index (χ0) is 16.7. The van der Waals surface area contributed by atoms with Crippen LogP contribution in [0.1, 0.15) is 11.1 Å². The average Bonchev–Trinajstić information content (AvgIpc) is 2.51. The largest absolute Gasteiger partial charge is 0.597 e. The van der Waals surface area contributed by atoms with Crippen molar-refractivity contribution >= 4 is 15.6 Å². The van der Waals surface area contributed by atoms with E-state index in [9.17, 15) is 14.0 Å². The maximum atomic E-state index is 12.9. The van der Waals surface area contributed by atoms with E-state index in [-0.39, 0.29) is 17.2 Å². The van der Waals surface area contributed by atoms with Crippen LogP contribution in [0.15, 0.2) is 42.5 Å². The molecule has 0 amide bonds. The first-order valence-electron chi connectivity index (χ1n) is 6.66. The van der Waals surface area contributed by atoms with Gasteiger partial charge < -0.3 is 13.6 Å². The van der Waals surface area contributed by atoms with Crippen LogP contribution in [0.5, 0.6) is 17.2 Å². The Morgan fingerprint density at radius 2 is 1.43 bits per heavy atom. The van der Waals surface area contributed by atoms with Gasteiger partial charge in [0.2, 0.25) is 0 Å². The Hall–Kier alpha value is -1.78. The SMILES string of the molecule is Cc1cccc(C)c1OP1(=O)Oc2ccc(cc2)OP(=O)(O)O1. The van der Waals surface area contributed by atoms with Gasteiger partial charge in [0.05, 0.1) is 0 Å². The second-order valence-corrected chi connectivity index (χ2v) is 8.00. The summed E-state index contributed by atoms with van der Waals surface area (Å²) in [5, 5.41) is 0. The minimum atomic E-state index is -4.69. The van der Waals surface area contributed by atoms with Gasteiger partial charge in [-0.3, -0.25) is 4.89 Å². The normalized spacial score (nSPS) is 26.4. The van der Waals surface area contributed by atoms with Crippen LogP contribution in [-0.4, -0.2) is 4.89 Å². The highest BCUT2D eigenvalue weighted by Gasteiger charge is 2.43. The van der Waals surface area contributed by atoms with Gasteiger partial charge in [-0.2, -0.15) is 4.31 Å². The van der Waals surface area contributed by atoms with Crippen molar-refractivity contribution in [2.24, 2.45) is 0 Å². The van der Waals surface area contributed by atoms with E-state index in [1.54, 1.807) is 32.0 Å². The summed E-state index contributed by atoms with van der Waals surface area (Å²) < 4.78 is 45.0. The molecule has 0 aromatic heterocycles. The molecule has 0 radical (unpaired) electrons. The van der Waals surface area contributed by atoms with E-state index >= 15 is 0 Å². The Labute approximate surface area is 133 Å². The van der Waals surface area contributed by atoms with Gasteiger partial charge in [0.1, 0.15) is 17.2 Å². The van der Waals surface area contributed by atoms with Crippen molar-refractivity contribution in [1.29, 1.82) is 0 Å². The molecule has 122 valence electrons. The van der Waals surface area contributed by atoms with Gasteiger partial charge in [-0.25, -0.2) is 9.13 Å². The molecule has 0 aliphatic carbocycles. The Balaban J connectivity index is 2.02. The molecule has 2 bridgehead atoms. The molecule has 9 heteroatoms. The first kappa shape index (κ1) is 16.1. The number of fused-ring (bicyclic) bond motifs is 6. The highest BCUT2D eigenvalue weighted by atomic mass is 31.3. The summed E-state index contributed by atoms with van der Waals surface area (Å²) in [6, 6.07) is 11.0. The Morgan fingerprint density at radius 1 is 0.913 bits per heavy atom. The fraction of sp³-hybridized carbons (Fsp3) is 0.143. The van der Waals surface area contributed by atoms with Crippen molar-refractivity contribution in [1.82, 2.24) is 0 Å². The standard InChI is InChI=1S/C14H14O7P2/c1-10-4-3-5-11(2)14(10)20-23(17)19-13-8-6-12(7-9-13)18-22(15,16)21-23/h3-9H,1-2H3,(H,15,16). The minimum absolute atomic E-state index is 0.0868. The molecule has 1 N–H and O–H groups in total. The summed E-state index contributed by atoms with van der Waals surface area (Å²) in [5.74, 6) is 0.503. The van der Waals surface area contributed by atoms with E-state index in [1.165, 1.54) is 24.3 Å². The second kappa shape index (κ2) is 5.69. The zero-order valence-corrected chi connectivity index (χ0v) is 14.1. The molecule has 2 aromatic rings. The monoisotopic (exact) mass is 356 g/mol. The quantitative estimate of drug-likeness (QED) is 0.799. The van der Waals surface area contributed by atoms with Crippen LogP contribution in [0.4, 0.5) is 0 Å². The van der Waals surface area contributed by atoms with E-state index in [2.05, 4.69) is 0 Å². The molecule has 2 heterocycles. The first-order chi connectivity index (χ1) is 10.8. The molecule has 2 aliphatic heterocycles. The van der Waals surface area contributed by atoms with Crippen molar-refractivity contribution in [3.63, 3.8) is 0 Å². The third-order valence-electron chi connectivity index (χ3n) is 3.08. The topological polar surface area (TPSA) is 91.3 Å². The maximum absolute atomic E-state index is 12.9. The molecule has 23 heavy (non-hydrogen) atoms. The van der Waals surface area contributed by atoms with Crippen molar-refractivity contribution in [2.75, 3.05) is 0 Å². The third-order valence-corrected chi connectivity index (χ3v) is 5.98. The van der Waals surface area contributed by atoms with Crippen LogP contribution in [-0.2, 0) is 13.4 Å². The van der Waals surface area contributed by atoms with Crippen molar-refractivity contribution < 1.29 is 31.9 Å². The van der Waals surface area contributed by atoms with Crippen molar-refractivity contribution in [3.8, 4) is 17.2 Å². The average molecular weight is 356 g/mol. The van der Waals surface area contributed by atoms with Crippen molar-refractivity contribution in [3.05, 3.63) is 53.6 Å². The molecule has 0 fully saturated rings. The Morgan fingerprint density at radius 3 is 2.00 bits per heavy atom. The molecule has 2 atom stereocenters. The number of hydrogen-bond donors (Lipinski definition) is 1. The third kappa shape index (κ3) is 3.59. The van der Waals surface area contributed by atoms with E-state index in [1.807, 2.05) is 0 Å². The molecule has 0 saturated heterocycles. The smallest absolute Gasteiger partial charge is 0.404 e. The van der Waals surface area contributed by atoms with Gasteiger partial charge in [0.25, 0.3) is 0 Å². The Kier molecular flexibility index (Phi) is 3.98. The maximum Gasteiger partial charge on any atom is 0.597 e. The summed E-state index contributed by atoms with van der Waals surface area (Å²) in [6.07, 6.45) is 0. The summed E-state index contributed by atoms with van der Waals surface area (Å²) in [6.45, 7) is 3.49. The van der Waals surface area contributed by atoms with Crippen LogP contribution >= 0.6 is 15.6 Å². The number of phosphoric ester groups is 2.